The van der Waals surface area contributed by atoms with Crippen molar-refractivity contribution in [3.05, 3.63) is 65.7 Å². The lowest BCUT2D eigenvalue weighted by atomic mass is 9.78. The zero-order chi connectivity index (χ0) is 23.5. The van der Waals surface area contributed by atoms with Gasteiger partial charge in [-0.3, -0.25) is 9.59 Å². The van der Waals surface area contributed by atoms with Crippen LogP contribution >= 0.6 is 0 Å². The summed E-state index contributed by atoms with van der Waals surface area (Å²) in [7, 11) is 3.87. The van der Waals surface area contributed by atoms with Gasteiger partial charge in [-0.25, -0.2) is 4.79 Å². The molecule has 0 spiro atoms. The smallest absolute Gasteiger partial charge is 0.467 e. The van der Waals surface area contributed by atoms with Crippen LogP contribution in [-0.4, -0.2) is 58.3 Å². The first-order valence-corrected chi connectivity index (χ1v) is 10.2. The van der Waals surface area contributed by atoms with E-state index in [9.17, 15) is 14.4 Å². The van der Waals surface area contributed by atoms with Gasteiger partial charge in [0.05, 0.1) is 7.11 Å². The first-order valence-electron chi connectivity index (χ1n) is 10.2. The van der Waals surface area contributed by atoms with E-state index >= 15 is 0 Å². The highest BCUT2D eigenvalue weighted by atomic mass is 16.6. The molecule has 2 aromatic rings. The molecule has 8 nitrogen and oxygen atoms in total. The monoisotopic (exact) mass is 440 g/mol. The minimum Gasteiger partial charge on any atom is -0.467 e. The van der Waals surface area contributed by atoms with Gasteiger partial charge < -0.3 is 24.7 Å². The third-order valence-electron chi connectivity index (χ3n) is 4.90. The Morgan fingerprint density at radius 1 is 0.812 bits per heavy atom. The summed E-state index contributed by atoms with van der Waals surface area (Å²) in [5.41, 5.74) is 2.53. The summed E-state index contributed by atoms with van der Waals surface area (Å²) >= 11 is 0. The minimum absolute atomic E-state index is 0.224. The normalized spacial score (nSPS) is 12.4. The average molecular weight is 440 g/mol. The lowest BCUT2D eigenvalue weighted by molar-refractivity contribution is -0.145. The Hall–Kier alpha value is -3.17. The first-order chi connectivity index (χ1) is 15.4. The molecule has 2 amide bonds. The molecule has 2 N–H and O–H groups in total. The van der Waals surface area contributed by atoms with Crippen molar-refractivity contribution in [1.29, 1.82) is 0 Å². The van der Waals surface area contributed by atoms with Gasteiger partial charge >= 0.3 is 13.1 Å². The Kier molecular flexibility index (Phi) is 9.91. The molecule has 9 heteroatoms. The fraction of sp³-hybridized carbons (Fsp3) is 0.348. The molecule has 0 aliphatic carbocycles. The van der Waals surface area contributed by atoms with Crippen LogP contribution in [0.2, 0.25) is 0 Å². The molecule has 0 saturated heterocycles. The highest BCUT2D eigenvalue weighted by Crippen LogP contribution is 2.08. The van der Waals surface area contributed by atoms with E-state index in [4.69, 9.17) is 14.0 Å². The third-order valence-corrected chi connectivity index (χ3v) is 4.90. The molecular formula is C23H29BN2O6. The van der Waals surface area contributed by atoms with Crippen molar-refractivity contribution in [3.8, 4) is 0 Å². The summed E-state index contributed by atoms with van der Waals surface area (Å²) in [5.74, 6) is -1.37. The molecule has 170 valence electrons. The number of nitrogens with one attached hydrogen (secondary N) is 2. The molecule has 0 heterocycles. The Bertz CT molecular complexity index is 887. The summed E-state index contributed by atoms with van der Waals surface area (Å²) in [6.45, 7) is 1.35. The summed E-state index contributed by atoms with van der Waals surface area (Å²) in [6, 6.07) is 14.9. The van der Waals surface area contributed by atoms with Crippen molar-refractivity contribution in [2.45, 2.75) is 31.8 Å². The summed E-state index contributed by atoms with van der Waals surface area (Å²) in [6.07, 6.45) is 0.520. The Labute approximate surface area is 188 Å². The number of esters is 1. The van der Waals surface area contributed by atoms with Gasteiger partial charge in [0.15, 0.2) is 0 Å². The molecule has 2 aromatic carbocycles. The van der Waals surface area contributed by atoms with E-state index in [2.05, 4.69) is 10.6 Å². The predicted octanol–water partition coefficient (Wildman–Crippen LogP) is 0.622. The fourth-order valence-corrected chi connectivity index (χ4v) is 3.33. The van der Waals surface area contributed by atoms with Crippen molar-refractivity contribution < 1.29 is 28.4 Å². The van der Waals surface area contributed by atoms with E-state index in [1.165, 1.54) is 14.0 Å². The first kappa shape index (κ1) is 25.1. The Balaban J connectivity index is 2.14. The van der Waals surface area contributed by atoms with E-state index in [0.29, 0.717) is 6.42 Å². The van der Waals surface area contributed by atoms with Crippen LogP contribution in [0.5, 0.6) is 0 Å². The number of rotatable bonds is 11. The Morgan fingerprint density at radius 2 is 1.38 bits per heavy atom. The van der Waals surface area contributed by atoms with Crippen LogP contribution in [0.3, 0.4) is 0 Å². The molecule has 0 unspecified atom stereocenters. The summed E-state index contributed by atoms with van der Waals surface area (Å²) in [4.78, 5) is 37.0. The van der Waals surface area contributed by atoms with Gasteiger partial charge in [-0.2, -0.15) is 0 Å². The lowest BCUT2D eigenvalue weighted by Gasteiger charge is -2.22. The number of benzene rings is 2. The van der Waals surface area contributed by atoms with Gasteiger partial charge in [0.2, 0.25) is 11.8 Å². The maximum absolute atomic E-state index is 13.0. The fourth-order valence-electron chi connectivity index (χ4n) is 3.33. The second-order valence-electron chi connectivity index (χ2n) is 7.28. The van der Waals surface area contributed by atoms with Gasteiger partial charge in [-0.05, 0) is 16.6 Å². The number of carbonyl (C=O) groups excluding carboxylic acids is 3. The second-order valence-corrected chi connectivity index (χ2v) is 7.28. The molecule has 0 saturated carbocycles. The Morgan fingerprint density at radius 3 is 1.91 bits per heavy atom. The molecule has 0 radical (unpaired) electrons. The molecule has 32 heavy (non-hydrogen) atoms. The number of ether oxygens (including phenoxy) is 1. The largest absolute Gasteiger partial charge is 0.493 e. The van der Waals surface area contributed by atoms with Gasteiger partial charge in [-0.15, -0.1) is 0 Å². The van der Waals surface area contributed by atoms with Crippen LogP contribution in [-0.2, 0) is 41.3 Å². The molecule has 2 rings (SSSR count). The molecule has 0 aliphatic rings. The zero-order valence-corrected chi connectivity index (χ0v) is 18.8. The topological polar surface area (TPSA) is 103 Å². The maximum atomic E-state index is 13.0. The van der Waals surface area contributed by atoms with Gasteiger partial charge in [0, 0.05) is 34.0 Å². The highest BCUT2D eigenvalue weighted by Gasteiger charge is 2.27. The SMILES string of the molecule is COB(OC)c1ccc(C[C@H](NC(=O)[C@@H](Cc2ccccc2)NC(C)=O)C(=O)OC)cc1. The number of carbonyl (C=O) groups is 3. The quantitative estimate of drug-likeness (QED) is 0.393. The molecule has 2 atom stereocenters. The number of hydrogen-bond acceptors (Lipinski definition) is 6. The molecule has 0 bridgehead atoms. The van der Waals surface area contributed by atoms with Crippen LogP contribution < -0.4 is 16.1 Å². The van der Waals surface area contributed by atoms with E-state index in [0.717, 1.165) is 16.6 Å². The van der Waals surface area contributed by atoms with E-state index < -0.39 is 31.1 Å². The summed E-state index contributed by atoms with van der Waals surface area (Å²) < 4.78 is 15.3. The molecule has 0 aliphatic heterocycles. The van der Waals surface area contributed by atoms with Crippen LogP contribution in [0.25, 0.3) is 0 Å². The molecule has 0 aromatic heterocycles. The number of hydrogen-bond donors (Lipinski definition) is 2. The van der Waals surface area contributed by atoms with Gasteiger partial charge in [0.25, 0.3) is 0 Å². The average Bonchev–Trinajstić information content (AvgIpc) is 2.79. The van der Waals surface area contributed by atoms with Crippen LogP contribution in [0.1, 0.15) is 18.1 Å². The zero-order valence-electron chi connectivity index (χ0n) is 18.8. The van der Waals surface area contributed by atoms with E-state index in [-0.39, 0.29) is 12.3 Å². The van der Waals surface area contributed by atoms with Crippen molar-refractivity contribution in [2.24, 2.45) is 0 Å². The standard InChI is InChI=1S/C23H29BN2O6/c1-16(27)25-20(14-17-8-6-5-7-9-17)22(28)26-21(23(29)30-2)15-18-10-12-19(13-11-18)24(31-3)32-4/h5-13,20-21H,14-15H2,1-4H3,(H,25,27)(H,26,28)/t20-,21+/m1/s1. The van der Waals surface area contributed by atoms with Crippen LogP contribution in [0.4, 0.5) is 0 Å². The predicted molar refractivity (Wildman–Crippen MR) is 121 cm³/mol. The minimum atomic E-state index is -0.911. The van der Waals surface area contributed by atoms with Crippen molar-refractivity contribution >= 4 is 30.4 Å². The van der Waals surface area contributed by atoms with Crippen LogP contribution in [0, 0.1) is 0 Å². The molecular weight excluding hydrogens is 411 g/mol. The lowest BCUT2D eigenvalue weighted by Crippen LogP contribution is -2.53. The van der Waals surface area contributed by atoms with E-state index in [1.807, 2.05) is 54.6 Å². The van der Waals surface area contributed by atoms with Crippen molar-refractivity contribution in [3.63, 3.8) is 0 Å². The summed E-state index contributed by atoms with van der Waals surface area (Å²) in [5, 5.41) is 5.38. The van der Waals surface area contributed by atoms with Crippen molar-refractivity contribution in [1.82, 2.24) is 10.6 Å². The third kappa shape index (κ3) is 7.51. The number of amides is 2. The van der Waals surface area contributed by atoms with E-state index in [1.54, 1.807) is 14.2 Å². The second kappa shape index (κ2) is 12.6. The molecule has 0 fully saturated rings. The van der Waals surface area contributed by atoms with Gasteiger partial charge in [-0.1, -0.05) is 54.6 Å². The van der Waals surface area contributed by atoms with Crippen LogP contribution in [0.15, 0.2) is 54.6 Å². The number of methoxy groups -OCH3 is 1. The van der Waals surface area contributed by atoms with Crippen molar-refractivity contribution in [2.75, 3.05) is 21.3 Å². The highest BCUT2D eigenvalue weighted by molar-refractivity contribution is 6.61. The maximum Gasteiger partial charge on any atom is 0.493 e. The van der Waals surface area contributed by atoms with Gasteiger partial charge in [0.1, 0.15) is 12.1 Å².